The van der Waals surface area contributed by atoms with Gasteiger partial charge in [-0.15, -0.1) is 0 Å². The Morgan fingerprint density at radius 3 is 2.79 bits per heavy atom. The van der Waals surface area contributed by atoms with Crippen LogP contribution in [0, 0.1) is 0 Å². The molecule has 0 N–H and O–H groups in total. The highest BCUT2D eigenvalue weighted by atomic mass is 16.5. The molecule has 0 aliphatic rings. The molecule has 4 aromatic rings. The van der Waals surface area contributed by atoms with E-state index < -0.39 is 0 Å². The highest BCUT2D eigenvalue weighted by Crippen LogP contribution is 2.23. The molecule has 2 heterocycles. The van der Waals surface area contributed by atoms with Crippen LogP contribution in [0.25, 0.3) is 22.3 Å². The average Bonchev–Trinajstić information content (AvgIpc) is 3.02. The van der Waals surface area contributed by atoms with Crippen LogP contribution in [0.15, 0.2) is 67.3 Å². The third kappa shape index (κ3) is 2.84. The van der Waals surface area contributed by atoms with Gasteiger partial charge in [0.25, 0.3) is 0 Å². The van der Waals surface area contributed by atoms with Crippen molar-refractivity contribution in [3.8, 4) is 17.1 Å². The number of aryl methyl sites for hydroxylation is 1. The van der Waals surface area contributed by atoms with E-state index in [0.29, 0.717) is 12.5 Å². The quantitative estimate of drug-likeness (QED) is 0.577. The first kappa shape index (κ1) is 14.4. The number of fused-ring (bicyclic) bond motifs is 1. The standard InChI is InChI=1S/C19H16N4O/c1-23-13-21-16-8-7-15(9-18(16)23)17-10-20-11-19(22-17)24-12-14-5-3-2-4-6-14/h2-11,13H,12H2,1H3. The van der Waals surface area contributed by atoms with Crippen LogP contribution < -0.4 is 4.74 Å². The number of nitrogens with zero attached hydrogens (tertiary/aromatic N) is 4. The molecule has 0 saturated carbocycles. The van der Waals surface area contributed by atoms with Crippen molar-refractivity contribution in [2.24, 2.45) is 7.05 Å². The first-order valence-corrected chi connectivity index (χ1v) is 7.70. The summed E-state index contributed by atoms with van der Waals surface area (Å²) in [5.41, 5.74) is 4.89. The van der Waals surface area contributed by atoms with Gasteiger partial charge in [-0.05, 0) is 17.7 Å². The summed E-state index contributed by atoms with van der Waals surface area (Å²) in [6.07, 6.45) is 5.18. The lowest BCUT2D eigenvalue weighted by atomic mass is 10.1. The second-order valence-electron chi connectivity index (χ2n) is 5.58. The summed E-state index contributed by atoms with van der Waals surface area (Å²) in [4.78, 5) is 13.2. The lowest BCUT2D eigenvalue weighted by molar-refractivity contribution is 0.293. The van der Waals surface area contributed by atoms with E-state index in [1.165, 1.54) is 0 Å². The highest BCUT2D eigenvalue weighted by molar-refractivity contribution is 5.81. The minimum absolute atomic E-state index is 0.472. The Morgan fingerprint density at radius 1 is 1.04 bits per heavy atom. The number of aromatic nitrogens is 4. The molecule has 118 valence electrons. The molecule has 4 rings (SSSR count). The third-order valence-corrected chi connectivity index (χ3v) is 3.86. The molecule has 0 atom stereocenters. The first-order chi connectivity index (χ1) is 11.8. The van der Waals surface area contributed by atoms with Crippen molar-refractivity contribution in [1.82, 2.24) is 19.5 Å². The summed E-state index contributed by atoms with van der Waals surface area (Å²) >= 11 is 0. The number of ether oxygens (including phenoxy) is 1. The van der Waals surface area contributed by atoms with Gasteiger partial charge in [0.2, 0.25) is 5.88 Å². The van der Waals surface area contributed by atoms with E-state index >= 15 is 0 Å². The zero-order valence-corrected chi connectivity index (χ0v) is 13.3. The van der Waals surface area contributed by atoms with Gasteiger partial charge in [-0.2, -0.15) is 0 Å². The molecule has 2 aromatic heterocycles. The van der Waals surface area contributed by atoms with Gasteiger partial charge in [0, 0.05) is 12.6 Å². The third-order valence-electron chi connectivity index (χ3n) is 3.86. The molecule has 5 heteroatoms. The Hall–Kier alpha value is -3.21. The molecule has 2 aromatic carbocycles. The molecular formula is C19H16N4O. The summed E-state index contributed by atoms with van der Waals surface area (Å²) in [5.74, 6) is 0.515. The average molecular weight is 316 g/mol. The lowest BCUT2D eigenvalue weighted by Crippen LogP contribution is -1.98. The topological polar surface area (TPSA) is 52.8 Å². The fourth-order valence-electron chi connectivity index (χ4n) is 2.57. The minimum Gasteiger partial charge on any atom is -0.472 e. The zero-order chi connectivity index (χ0) is 16.4. The second-order valence-corrected chi connectivity index (χ2v) is 5.58. The van der Waals surface area contributed by atoms with Crippen molar-refractivity contribution in [3.05, 3.63) is 72.8 Å². The van der Waals surface area contributed by atoms with Gasteiger partial charge in [-0.25, -0.2) is 9.97 Å². The van der Waals surface area contributed by atoms with Crippen LogP contribution in [0.4, 0.5) is 0 Å². The highest BCUT2D eigenvalue weighted by Gasteiger charge is 2.06. The molecule has 0 fully saturated rings. The van der Waals surface area contributed by atoms with Crippen LogP contribution in [0.5, 0.6) is 5.88 Å². The Morgan fingerprint density at radius 2 is 1.92 bits per heavy atom. The van der Waals surface area contributed by atoms with E-state index in [-0.39, 0.29) is 0 Å². The lowest BCUT2D eigenvalue weighted by Gasteiger charge is -2.07. The van der Waals surface area contributed by atoms with Crippen molar-refractivity contribution in [3.63, 3.8) is 0 Å². The van der Waals surface area contributed by atoms with Crippen molar-refractivity contribution >= 4 is 11.0 Å². The van der Waals surface area contributed by atoms with E-state index in [1.54, 1.807) is 18.7 Å². The maximum atomic E-state index is 5.76. The largest absolute Gasteiger partial charge is 0.472 e. The minimum atomic E-state index is 0.472. The van der Waals surface area contributed by atoms with Gasteiger partial charge < -0.3 is 9.30 Å². The van der Waals surface area contributed by atoms with Crippen molar-refractivity contribution in [2.75, 3.05) is 0 Å². The molecule has 0 bridgehead atoms. The maximum absolute atomic E-state index is 5.76. The van der Waals surface area contributed by atoms with E-state index in [2.05, 4.69) is 21.0 Å². The van der Waals surface area contributed by atoms with Crippen LogP contribution in [-0.2, 0) is 13.7 Å². The van der Waals surface area contributed by atoms with Gasteiger partial charge in [0.05, 0.1) is 35.4 Å². The number of rotatable bonds is 4. The zero-order valence-electron chi connectivity index (χ0n) is 13.3. The molecule has 0 aliphatic heterocycles. The van der Waals surface area contributed by atoms with Crippen molar-refractivity contribution in [1.29, 1.82) is 0 Å². The summed E-state index contributed by atoms with van der Waals surface area (Å²) < 4.78 is 7.75. The predicted molar refractivity (Wildman–Crippen MR) is 92.5 cm³/mol. The Labute approximate surface area is 139 Å². The van der Waals surface area contributed by atoms with Crippen LogP contribution >= 0.6 is 0 Å². The molecular weight excluding hydrogens is 300 g/mol. The number of benzene rings is 2. The molecule has 24 heavy (non-hydrogen) atoms. The summed E-state index contributed by atoms with van der Waals surface area (Å²) in [5, 5.41) is 0. The van der Waals surface area contributed by atoms with Crippen molar-refractivity contribution < 1.29 is 4.74 Å². The Kier molecular flexibility index (Phi) is 3.67. The Balaban J connectivity index is 1.60. The molecule has 0 radical (unpaired) electrons. The SMILES string of the molecule is Cn1cnc2ccc(-c3cncc(OCc4ccccc4)n3)cc21. The van der Waals surface area contributed by atoms with E-state index in [4.69, 9.17) is 4.74 Å². The van der Waals surface area contributed by atoms with Gasteiger partial charge in [-0.1, -0.05) is 36.4 Å². The van der Waals surface area contributed by atoms with Crippen LogP contribution in [0.2, 0.25) is 0 Å². The maximum Gasteiger partial charge on any atom is 0.233 e. The van der Waals surface area contributed by atoms with Gasteiger partial charge in [-0.3, -0.25) is 4.98 Å². The van der Waals surface area contributed by atoms with Crippen LogP contribution in [0.3, 0.4) is 0 Å². The predicted octanol–water partition coefficient (Wildman–Crippen LogP) is 3.61. The smallest absolute Gasteiger partial charge is 0.233 e. The first-order valence-electron chi connectivity index (χ1n) is 7.70. The number of hydrogen-bond acceptors (Lipinski definition) is 4. The fraction of sp³-hybridized carbons (Fsp3) is 0.105. The second kappa shape index (κ2) is 6.12. The molecule has 5 nitrogen and oxygen atoms in total. The number of hydrogen-bond donors (Lipinski definition) is 0. The fourth-order valence-corrected chi connectivity index (χ4v) is 2.57. The molecule has 0 amide bonds. The normalized spacial score (nSPS) is 10.9. The van der Waals surface area contributed by atoms with E-state index in [0.717, 1.165) is 27.9 Å². The van der Waals surface area contributed by atoms with Crippen molar-refractivity contribution in [2.45, 2.75) is 6.61 Å². The molecule has 0 aliphatic carbocycles. The molecule has 0 saturated heterocycles. The molecule has 0 spiro atoms. The summed E-state index contributed by atoms with van der Waals surface area (Å²) in [6, 6.07) is 16.1. The monoisotopic (exact) mass is 316 g/mol. The van der Waals surface area contributed by atoms with E-state index in [1.807, 2.05) is 54.1 Å². The van der Waals surface area contributed by atoms with Crippen LogP contribution in [0.1, 0.15) is 5.56 Å². The number of imidazole rings is 1. The molecule has 0 unspecified atom stereocenters. The Bertz CT molecular complexity index is 979. The van der Waals surface area contributed by atoms with Gasteiger partial charge in [0.15, 0.2) is 0 Å². The van der Waals surface area contributed by atoms with Gasteiger partial charge in [0.1, 0.15) is 6.61 Å². The van der Waals surface area contributed by atoms with Gasteiger partial charge >= 0.3 is 0 Å². The summed E-state index contributed by atoms with van der Waals surface area (Å²) in [6.45, 7) is 0.472. The van der Waals surface area contributed by atoms with E-state index in [9.17, 15) is 0 Å². The van der Waals surface area contributed by atoms with Crippen LogP contribution in [-0.4, -0.2) is 19.5 Å². The summed E-state index contributed by atoms with van der Waals surface area (Å²) in [7, 11) is 1.98.